The summed E-state index contributed by atoms with van der Waals surface area (Å²) in [5.41, 5.74) is 1.10. The summed E-state index contributed by atoms with van der Waals surface area (Å²) in [5.74, 6) is -0.124. The largest absolute Gasteiger partial charge is 0.342 e. The van der Waals surface area contributed by atoms with Crippen molar-refractivity contribution in [2.24, 2.45) is 5.41 Å². The first-order chi connectivity index (χ1) is 13.4. The van der Waals surface area contributed by atoms with Gasteiger partial charge in [0, 0.05) is 11.8 Å². The summed E-state index contributed by atoms with van der Waals surface area (Å²) in [6, 6.07) is 1.79. The molecule has 0 spiro atoms. The van der Waals surface area contributed by atoms with Gasteiger partial charge in [-0.2, -0.15) is 11.2 Å². The van der Waals surface area contributed by atoms with Gasteiger partial charge in [-0.3, -0.25) is 16.2 Å². The summed E-state index contributed by atoms with van der Waals surface area (Å²) in [7, 11) is 0. The summed E-state index contributed by atoms with van der Waals surface area (Å²) in [6.45, 7) is 12.9. The van der Waals surface area contributed by atoms with Gasteiger partial charge in [0.25, 0.3) is 0 Å². The standard InChI is InChI=1S/C22H27N4O2.Lr/c1-6-9-12-17(5)26-19(15-16(4)25-26)24-21(28)22(13-14-22)20(27)23-18(10-7-2)11-8-3;/h2,6-12,15H,13-14H2,1,3-5H3,(H,23,27)(H,24,28);/q-1;/b9-6-,11-8-,17-12+,18-10+;. The molecule has 2 amide bonds. The van der Waals surface area contributed by atoms with Crippen molar-refractivity contribution in [3.63, 3.8) is 0 Å². The number of nitrogens with zero attached hydrogens (tertiary/aromatic N) is 2. The van der Waals surface area contributed by atoms with Gasteiger partial charge >= 0.3 is 0 Å². The minimum absolute atomic E-state index is 0. The Hall–Kier alpha value is -4.15. The second kappa shape index (κ2) is 9.69. The molecule has 1 aromatic rings. The fourth-order valence-corrected chi connectivity index (χ4v) is 2.75. The molecule has 2 rings (SSSR count). The molecule has 1 aliphatic carbocycles. The first-order valence-electron chi connectivity index (χ1n) is 9.25. The van der Waals surface area contributed by atoms with Crippen molar-refractivity contribution in [2.45, 2.75) is 40.5 Å². The Morgan fingerprint density at radius 2 is 1.90 bits per heavy atom. The number of aromatic nitrogens is 2. The first-order valence-corrected chi connectivity index (χ1v) is 9.25. The number of allylic oxidation sites excluding steroid dienone is 8. The smallest absolute Gasteiger partial charge is 0.241 e. The fourth-order valence-electron chi connectivity index (χ4n) is 2.75. The van der Waals surface area contributed by atoms with E-state index in [4.69, 9.17) is 6.58 Å². The molecule has 0 saturated heterocycles. The number of carbonyl (C=O) groups excluding carboxylic acids is 2. The van der Waals surface area contributed by atoms with Gasteiger partial charge in [0.05, 0.1) is 5.69 Å². The van der Waals surface area contributed by atoms with Gasteiger partial charge in [-0.15, -0.1) is 0 Å². The molecule has 7 heteroatoms. The molecule has 1 saturated carbocycles. The van der Waals surface area contributed by atoms with Crippen LogP contribution in [-0.2, 0) is 9.59 Å². The monoisotopic (exact) mass is 641 g/mol. The molecule has 1 fully saturated rings. The van der Waals surface area contributed by atoms with E-state index in [-0.39, 0.29) is 11.8 Å². The average molecular weight is 641 g/mol. The fraction of sp³-hybridized carbons (Fsp3) is 0.318. The van der Waals surface area contributed by atoms with E-state index in [0.717, 1.165) is 11.4 Å². The third kappa shape index (κ3) is 5.19. The minimum atomic E-state index is -1.07. The Bertz CT molecular complexity index is 887. The van der Waals surface area contributed by atoms with Crippen molar-refractivity contribution in [3.8, 4) is 0 Å². The van der Waals surface area contributed by atoms with E-state index in [1.165, 1.54) is 6.08 Å². The maximum absolute atomic E-state index is 12.9. The Kier molecular flexibility index (Phi) is 7.65. The molecule has 29 heavy (non-hydrogen) atoms. The summed E-state index contributed by atoms with van der Waals surface area (Å²) in [6.07, 6.45) is 13.2. The van der Waals surface area contributed by atoms with E-state index in [1.807, 2.05) is 45.9 Å². The zero-order valence-corrected chi connectivity index (χ0v) is 19.2. The molecule has 0 aromatic carbocycles. The summed E-state index contributed by atoms with van der Waals surface area (Å²) < 4.78 is 1.66. The van der Waals surface area contributed by atoms with Crippen LogP contribution in [0, 0.1) is 18.9 Å². The Labute approximate surface area is 166 Å². The van der Waals surface area contributed by atoms with Gasteiger partial charge in [-0.25, -0.2) is 10.8 Å². The zero-order valence-electron chi connectivity index (χ0n) is 17.1. The molecule has 0 bridgehead atoms. The number of hydrogen-bond acceptors (Lipinski definition) is 3. The van der Waals surface area contributed by atoms with Crippen LogP contribution in [0.5, 0.6) is 0 Å². The second-order valence-corrected chi connectivity index (χ2v) is 6.72. The molecule has 6 nitrogen and oxygen atoms in total. The quantitative estimate of drug-likeness (QED) is 0.257. The Morgan fingerprint density at radius 1 is 1.21 bits per heavy atom. The normalized spacial score (nSPS) is 15.9. The third-order valence-corrected chi connectivity index (χ3v) is 4.44. The first kappa shape index (κ1) is 22.9. The number of carbonyl (C=O) groups is 2. The summed E-state index contributed by atoms with van der Waals surface area (Å²) >= 11 is 0. The van der Waals surface area contributed by atoms with Crippen molar-refractivity contribution in [1.82, 2.24) is 15.1 Å². The van der Waals surface area contributed by atoms with E-state index < -0.39 is 5.41 Å². The predicted molar refractivity (Wildman–Crippen MR) is 112 cm³/mol. The van der Waals surface area contributed by atoms with Crippen molar-refractivity contribution < 1.29 is 9.59 Å². The predicted octanol–water partition coefficient (Wildman–Crippen LogP) is 3.91. The molecule has 1 heterocycles. The molecule has 1 aliphatic rings. The zero-order chi connectivity index (χ0) is 20.7. The van der Waals surface area contributed by atoms with Crippen LogP contribution < -0.4 is 10.6 Å². The number of amides is 2. The van der Waals surface area contributed by atoms with Crippen molar-refractivity contribution in [2.75, 3.05) is 5.32 Å². The maximum atomic E-state index is 12.9. The molecule has 0 aliphatic heterocycles. The van der Waals surface area contributed by atoms with Gasteiger partial charge in [0.1, 0.15) is 11.2 Å². The molecule has 1 radical (unpaired) electrons. The van der Waals surface area contributed by atoms with E-state index >= 15 is 0 Å². The number of anilines is 1. The van der Waals surface area contributed by atoms with Gasteiger partial charge in [-0.1, -0.05) is 24.3 Å². The summed E-state index contributed by atoms with van der Waals surface area (Å²) in [4.78, 5) is 25.7. The maximum Gasteiger partial charge on any atom is 0.241 e. The van der Waals surface area contributed by atoms with Crippen molar-refractivity contribution in [1.29, 1.82) is 0 Å². The van der Waals surface area contributed by atoms with Crippen LogP contribution in [-0.4, -0.2) is 21.6 Å². The van der Waals surface area contributed by atoms with Gasteiger partial charge in [0.2, 0.25) is 11.8 Å². The Balaban J connectivity index is 0.00000420. The molecular weight excluding hydrogens is 614 g/mol. The average Bonchev–Trinajstić information content (AvgIpc) is 3.39. The van der Waals surface area contributed by atoms with Crippen molar-refractivity contribution in [3.05, 3.63) is 66.6 Å². The van der Waals surface area contributed by atoms with Gasteiger partial charge in [-0.05, 0) is 52.3 Å². The van der Waals surface area contributed by atoms with E-state index in [9.17, 15) is 9.59 Å². The Morgan fingerprint density at radius 3 is 2.45 bits per heavy atom. The number of hydrogen-bond donors (Lipinski definition) is 2. The van der Waals surface area contributed by atoms with Crippen LogP contribution in [0.25, 0.3) is 5.70 Å². The second-order valence-electron chi connectivity index (χ2n) is 6.72. The number of rotatable bonds is 8. The van der Waals surface area contributed by atoms with Crippen LogP contribution >= 0.6 is 0 Å². The minimum Gasteiger partial charge on any atom is -0.342 e. The molecule has 0 atom stereocenters. The molecule has 163 valence electrons. The van der Waals surface area contributed by atoms with Crippen LogP contribution in [0.3, 0.4) is 0 Å². The van der Waals surface area contributed by atoms with Crippen molar-refractivity contribution >= 4 is 23.3 Å². The van der Waals surface area contributed by atoms with Crippen LogP contribution in [0.4, 0.5) is 5.82 Å². The van der Waals surface area contributed by atoms with Crippen LogP contribution in [0.15, 0.2) is 54.3 Å². The molecule has 1 aromatic heterocycles. The van der Waals surface area contributed by atoms with Gasteiger partial charge < -0.3 is 10.6 Å². The van der Waals surface area contributed by atoms with Crippen LogP contribution in [0.2, 0.25) is 0 Å². The van der Waals surface area contributed by atoms with Gasteiger partial charge in [0.15, 0.2) is 0 Å². The number of nitrogens with one attached hydrogen (secondary N) is 2. The summed E-state index contributed by atoms with van der Waals surface area (Å²) in [5, 5.41) is 10.1. The SMILES string of the molecule is [CH-]=C/C=C(\C=C/C)NC(=O)C1(C(=O)Nc2cc(C)nn2/C(C)=C/C=C\C)CC1.[Lr]. The topological polar surface area (TPSA) is 76.0 Å². The number of aryl methyl sites for hydroxylation is 1. The van der Waals surface area contributed by atoms with Crippen LogP contribution in [0.1, 0.15) is 39.3 Å². The molecular formula is C22H27LrN4O2-. The third-order valence-electron chi connectivity index (χ3n) is 4.44. The van der Waals surface area contributed by atoms with E-state index in [1.54, 1.807) is 29.0 Å². The molecule has 2 N–H and O–H groups in total. The van der Waals surface area contributed by atoms with E-state index in [0.29, 0.717) is 24.4 Å². The van der Waals surface area contributed by atoms with E-state index in [2.05, 4.69) is 15.7 Å². The molecule has 0 unspecified atom stereocenters.